The van der Waals surface area contributed by atoms with Crippen molar-refractivity contribution in [3.05, 3.63) is 27.0 Å². The Balaban J connectivity index is 1.81. The zero-order valence-corrected chi connectivity index (χ0v) is 18.4. The van der Waals surface area contributed by atoms with Crippen molar-refractivity contribution in [2.75, 3.05) is 66.0 Å². The number of carbonyl (C=O) groups is 2. The highest BCUT2D eigenvalue weighted by atomic mass is 35.5. The highest BCUT2D eigenvalue weighted by Crippen LogP contribution is 2.17. The number of aromatic amines is 1. The lowest BCUT2D eigenvalue weighted by atomic mass is 10.0. The van der Waals surface area contributed by atoms with Gasteiger partial charge in [-0.05, 0) is 12.5 Å². The van der Waals surface area contributed by atoms with Crippen molar-refractivity contribution in [1.82, 2.24) is 15.2 Å². The van der Waals surface area contributed by atoms with Gasteiger partial charge in [0, 0.05) is 27.3 Å². The number of methoxy groups -OCH3 is 2. The number of amides is 1. The molecule has 2 heterocycles. The fraction of sp³-hybridized carbons (Fsp3) is 0.632. The number of halogens is 1. The van der Waals surface area contributed by atoms with E-state index in [-0.39, 0.29) is 47.7 Å². The smallest absolute Gasteiger partial charge is 0.320 e. The number of carbonyl (C=O) groups excluding carboxylic acids is 2. The molecule has 174 valence electrons. The Morgan fingerprint density at radius 2 is 2.03 bits per heavy atom. The fourth-order valence-electron chi connectivity index (χ4n) is 3.15. The molecule has 1 saturated heterocycles. The molecule has 1 aromatic heterocycles. The molecule has 0 spiro atoms. The number of anilines is 1. The number of ether oxygens (including phenoxy) is 4. The summed E-state index contributed by atoms with van der Waals surface area (Å²) >= 11 is 5.90. The summed E-state index contributed by atoms with van der Waals surface area (Å²) in [5.74, 6) is -0.938. The standard InChI is InChI=1S/C19H29ClN4O7/c1-28-5-6-30-7-8-31-16(25)11-24-4-3-14(15(10-24)29-2)22-18(26)12-9-13(20)17(21)23-19(12)27/h9,14-15H,3-8,10-11H2,1-2H3,(H,22,26)(H3,21,23,27)/t14-,15+/m0/s1. The normalized spacial score (nSPS) is 19.2. The van der Waals surface area contributed by atoms with E-state index in [9.17, 15) is 14.4 Å². The fourth-order valence-corrected chi connectivity index (χ4v) is 3.31. The van der Waals surface area contributed by atoms with E-state index in [0.717, 1.165) is 0 Å². The van der Waals surface area contributed by atoms with Crippen molar-refractivity contribution < 1.29 is 28.5 Å². The Morgan fingerprint density at radius 3 is 2.74 bits per heavy atom. The molecule has 4 N–H and O–H groups in total. The molecule has 31 heavy (non-hydrogen) atoms. The molecule has 0 radical (unpaired) electrons. The Morgan fingerprint density at radius 1 is 1.29 bits per heavy atom. The van der Waals surface area contributed by atoms with E-state index >= 15 is 0 Å². The van der Waals surface area contributed by atoms with Crippen LogP contribution in [0.2, 0.25) is 5.02 Å². The molecular weight excluding hydrogens is 432 g/mol. The van der Waals surface area contributed by atoms with Gasteiger partial charge < -0.3 is 35.0 Å². The van der Waals surface area contributed by atoms with Crippen LogP contribution in [0.15, 0.2) is 10.9 Å². The molecular formula is C19H29ClN4O7. The first-order valence-corrected chi connectivity index (χ1v) is 10.2. The summed E-state index contributed by atoms with van der Waals surface area (Å²) in [5, 5.41) is 2.89. The maximum absolute atomic E-state index is 12.5. The number of piperidine rings is 1. The first-order chi connectivity index (χ1) is 14.8. The minimum absolute atomic E-state index is 0.000262. The Bertz CT molecular complexity index is 804. The van der Waals surface area contributed by atoms with Gasteiger partial charge in [-0.25, -0.2) is 0 Å². The van der Waals surface area contributed by atoms with Crippen molar-refractivity contribution in [2.24, 2.45) is 0 Å². The van der Waals surface area contributed by atoms with Gasteiger partial charge >= 0.3 is 5.97 Å². The molecule has 1 fully saturated rings. The van der Waals surface area contributed by atoms with Gasteiger partial charge in [0.1, 0.15) is 18.0 Å². The molecule has 1 aliphatic rings. The molecule has 11 nitrogen and oxygen atoms in total. The molecule has 0 bridgehead atoms. The zero-order chi connectivity index (χ0) is 22.8. The zero-order valence-electron chi connectivity index (χ0n) is 17.6. The average Bonchev–Trinajstić information content (AvgIpc) is 2.74. The second kappa shape index (κ2) is 12.6. The van der Waals surface area contributed by atoms with Crippen LogP contribution in [0.5, 0.6) is 0 Å². The van der Waals surface area contributed by atoms with Gasteiger partial charge in [-0.2, -0.15) is 0 Å². The summed E-state index contributed by atoms with van der Waals surface area (Å²) in [5.41, 5.74) is 4.78. The first-order valence-electron chi connectivity index (χ1n) is 9.82. The molecule has 0 aliphatic carbocycles. The van der Waals surface area contributed by atoms with Crippen LogP contribution < -0.4 is 16.6 Å². The van der Waals surface area contributed by atoms with Crippen LogP contribution in [0.1, 0.15) is 16.8 Å². The lowest BCUT2D eigenvalue weighted by Gasteiger charge is -2.37. The van der Waals surface area contributed by atoms with E-state index in [4.69, 9.17) is 36.3 Å². The number of hydrogen-bond acceptors (Lipinski definition) is 9. The Hall–Kier alpha value is -2.18. The topological polar surface area (TPSA) is 145 Å². The van der Waals surface area contributed by atoms with Crippen molar-refractivity contribution in [3.63, 3.8) is 0 Å². The number of nitrogen functional groups attached to an aromatic ring is 1. The first kappa shape index (κ1) is 25.1. The van der Waals surface area contributed by atoms with E-state index in [1.165, 1.54) is 13.2 Å². The SMILES string of the molecule is COCCOCCOC(=O)CN1CC[C@H](NC(=O)c2cc(Cl)c(N)[nH]c2=O)[C@H](OC)C1. The number of likely N-dealkylation sites (tertiary alicyclic amines) is 1. The average molecular weight is 461 g/mol. The van der Waals surface area contributed by atoms with Crippen LogP contribution in [0.25, 0.3) is 0 Å². The van der Waals surface area contributed by atoms with Crippen molar-refractivity contribution in [3.8, 4) is 0 Å². The predicted octanol–water partition coefficient (Wildman–Crippen LogP) is -0.364. The molecule has 1 amide bonds. The minimum atomic E-state index is -0.625. The van der Waals surface area contributed by atoms with Crippen molar-refractivity contribution in [2.45, 2.75) is 18.6 Å². The van der Waals surface area contributed by atoms with Crippen molar-refractivity contribution in [1.29, 1.82) is 0 Å². The van der Waals surface area contributed by atoms with E-state index in [0.29, 0.717) is 39.3 Å². The maximum atomic E-state index is 12.5. The lowest BCUT2D eigenvalue weighted by Crippen LogP contribution is -2.56. The van der Waals surface area contributed by atoms with Crippen LogP contribution in [0.3, 0.4) is 0 Å². The largest absolute Gasteiger partial charge is 0.462 e. The Kier molecular flexibility index (Phi) is 10.2. The van der Waals surface area contributed by atoms with Gasteiger partial charge in [-0.1, -0.05) is 11.6 Å². The Labute approximate surface area is 185 Å². The third-order valence-corrected chi connectivity index (χ3v) is 5.12. The molecule has 0 unspecified atom stereocenters. The summed E-state index contributed by atoms with van der Waals surface area (Å²) in [6.07, 6.45) is 0.157. The lowest BCUT2D eigenvalue weighted by molar-refractivity contribution is -0.147. The molecule has 1 aliphatic heterocycles. The number of nitrogens with one attached hydrogen (secondary N) is 2. The number of H-pyrrole nitrogens is 1. The molecule has 2 rings (SSSR count). The number of rotatable bonds is 11. The number of pyridine rings is 1. The van der Waals surface area contributed by atoms with Crippen LogP contribution in [0, 0.1) is 0 Å². The van der Waals surface area contributed by atoms with Crippen LogP contribution in [-0.4, -0.2) is 94.2 Å². The van der Waals surface area contributed by atoms with E-state index in [2.05, 4.69) is 10.3 Å². The maximum Gasteiger partial charge on any atom is 0.320 e. The van der Waals surface area contributed by atoms with Gasteiger partial charge in [0.2, 0.25) is 0 Å². The summed E-state index contributed by atoms with van der Waals surface area (Å²) in [7, 11) is 3.11. The van der Waals surface area contributed by atoms with Gasteiger partial charge in [-0.3, -0.25) is 19.3 Å². The number of aromatic nitrogens is 1. The number of nitrogens with two attached hydrogens (primary N) is 1. The molecule has 0 aromatic carbocycles. The molecule has 1 aromatic rings. The van der Waals surface area contributed by atoms with Crippen molar-refractivity contribution >= 4 is 29.3 Å². The van der Waals surface area contributed by atoms with Gasteiger partial charge in [0.15, 0.2) is 0 Å². The van der Waals surface area contributed by atoms with Crippen LogP contribution in [-0.2, 0) is 23.7 Å². The summed E-state index contributed by atoms with van der Waals surface area (Å²) in [4.78, 5) is 40.8. The number of nitrogens with zero attached hydrogens (tertiary/aromatic N) is 1. The van der Waals surface area contributed by atoms with E-state index in [1.807, 2.05) is 4.90 Å². The summed E-state index contributed by atoms with van der Waals surface area (Å²) in [6.45, 7) is 2.46. The number of hydrogen-bond donors (Lipinski definition) is 3. The van der Waals surface area contributed by atoms with Crippen LogP contribution >= 0.6 is 11.6 Å². The highest BCUT2D eigenvalue weighted by Gasteiger charge is 2.32. The summed E-state index contributed by atoms with van der Waals surface area (Å²) < 4.78 is 20.8. The third-order valence-electron chi connectivity index (χ3n) is 4.80. The van der Waals surface area contributed by atoms with Gasteiger partial charge in [-0.15, -0.1) is 0 Å². The highest BCUT2D eigenvalue weighted by molar-refractivity contribution is 6.33. The molecule has 2 atom stereocenters. The van der Waals surface area contributed by atoms with Gasteiger partial charge in [0.05, 0.1) is 43.5 Å². The van der Waals surface area contributed by atoms with Crippen LogP contribution in [0.4, 0.5) is 5.82 Å². The molecule has 12 heteroatoms. The predicted molar refractivity (Wildman–Crippen MR) is 113 cm³/mol. The monoisotopic (exact) mass is 460 g/mol. The van der Waals surface area contributed by atoms with Gasteiger partial charge in [0.25, 0.3) is 11.5 Å². The third kappa shape index (κ3) is 7.78. The second-order valence-electron chi connectivity index (χ2n) is 6.98. The number of esters is 1. The van der Waals surface area contributed by atoms with E-state index in [1.54, 1.807) is 7.11 Å². The quantitative estimate of drug-likeness (QED) is 0.297. The second-order valence-corrected chi connectivity index (χ2v) is 7.38. The summed E-state index contributed by atoms with van der Waals surface area (Å²) in [6, 6.07) is 0.895. The minimum Gasteiger partial charge on any atom is -0.462 e. The molecule has 0 saturated carbocycles. The van der Waals surface area contributed by atoms with E-state index < -0.39 is 11.5 Å².